The van der Waals surface area contributed by atoms with E-state index in [9.17, 15) is 0 Å². The van der Waals surface area contributed by atoms with Gasteiger partial charge >= 0.3 is 0 Å². The third kappa shape index (κ3) is 14.4. The number of hydrogen-bond donors (Lipinski definition) is 2. The zero-order valence-corrected chi connectivity index (χ0v) is 4.89. The van der Waals surface area contributed by atoms with Gasteiger partial charge in [-0.05, 0) is 0 Å². The van der Waals surface area contributed by atoms with Crippen molar-refractivity contribution in [3.8, 4) is 0 Å². The van der Waals surface area contributed by atoms with Crippen molar-refractivity contribution in [1.82, 2.24) is 0 Å². The van der Waals surface area contributed by atoms with Crippen LogP contribution in [-0.4, -0.2) is 12.9 Å². The molecular weight excluding hydrogens is 104 g/mol. The molecule has 4 heavy (non-hydrogen) atoms. The first-order valence-corrected chi connectivity index (χ1v) is 5.09. The maximum atomic E-state index is 3.82. The van der Waals surface area contributed by atoms with Crippen LogP contribution in [0.4, 0.5) is 0 Å². The van der Waals surface area contributed by atoms with Gasteiger partial charge < -0.3 is 0 Å². The molecule has 3 heteroatoms. The molecule has 0 heterocycles. The molecule has 0 saturated heterocycles. The summed E-state index contributed by atoms with van der Waals surface area (Å²) in [6, 6.07) is 0. The van der Waals surface area contributed by atoms with Crippen LogP contribution >= 0.6 is 24.2 Å². The summed E-state index contributed by atoms with van der Waals surface area (Å²) in [6.07, 6.45) is 3.47. The van der Waals surface area contributed by atoms with Crippen LogP contribution in [0.3, 0.4) is 0 Å². The third-order valence-electron chi connectivity index (χ3n) is 0. The van der Waals surface area contributed by atoms with Crippen LogP contribution in [0.15, 0.2) is 0 Å². The van der Waals surface area contributed by atoms with Crippen molar-refractivity contribution in [2.24, 2.45) is 0 Å². The van der Waals surface area contributed by atoms with E-state index in [4.69, 9.17) is 0 Å². The van der Waals surface area contributed by atoms with E-state index in [2.05, 4.69) is 30.3 Å². The van der Waals surface area contributed by atoms with Crippen LogP contribution in [-0.2, 0) is 0 Å². The first-order chi connectivity index (χ1) is 1.73. The molecular formula is CH4S2Si. The van der Waals surface area contributed by atoms with Crippen molar-refractivity contribution in [1.29, 1.82) is 0 Å². The molecule has 0 atom stereocenters. The minimum atomic E-state index is -0.741. The van der Waals surface area contributed by atoms with Gasteiger partial charge in [0.15, 0.2) is 0 Å². The molecule has 0 rings (SSSR count). The zero-order chi connectivity index (χ0) is 3.58. The van der Waals surface area contributed by atoms with E-state index in [1.165, 1.54) is 0 Å². The van der Waals surface area contributed by atoms with Gasteiger partial charge in [-0.25, -0.2) is 0 Å². The Hall–Kier alpha value is 0.787. The Labute approximate surface area is 37.6 Å². The fourth-order valence-electron chi connectivity index (χ4n) is 0. The second-order valence-electron chi connectivity index (χ2n) is 0.416. The molecule has 24 valence electrons. The summed E-state index contributed by atoms with van der Waals surface area (Å²) >= 11 is 7.64. The maximum absolute atomic E-state index is 3.82. The minimum absolute atomic E-state index is 0.741. The quantitative estimate of drug-likeness (QED) is 0.325. The highest BCUT2D eigenvalue weighted by atomic mass is 32.5. The van der Waals surface area contributed by atoms with Gasteiger partial charge in [0.25, 0.3) is 0 Å². The fourth-order valence-corrected chi connectivity index (χ4v) is 0. The lowest BCUT2D eigenvalue weighted by Crippen LogP contribution is -1.63. The van der Waals surface area contributed by atoms with Gasteiger partial charge in [-0.15, -0.1) is 0 Å². The largest absolute Gasteiger partial charge is 0.169 e. The van der Waals surface area contributed by atoms with E-state index in [-0.39, 0.29) is 0 Å². The van der Waals surface area contributed by atoms with E-state index in [1.54, 1.807) is 0 Å². The second kappa shape index (κ2) is 2.05. The van der Waals surface area contributed by atoms with Gasteiger partial charge in [-0.3, -0.25) is 0 Å². The Kier molecular flexibility index (Phi) is 2.45. The molecule has 0 nitrogen and oxygen atoms in total. The van der Waals surface area contributed by atoms with Crippen molar-refractivity contribution in [3.05, 3.63) is 0 Å². The van der Waals surface area contributed by atoms with E-state index in [0.717, 1.165) is 0 Å². The van der Waals surface area contributed by atoms with Gasteiger partial charge in [0, 0.05) is 0 Å². The lowest BCUT2D eigenvalue weighted by atomic mass is 12.0. The van der Waals surface area contributed by atoms with Crippen LogP contribution in [0.5, 0.6) is 0 Å². The summed E-state index contributed by atoms with van der Waals surface area (Å²) in [5.41, 5.74) is 0. The lowest BCUT2D eigenvalue weighted by molar-refractivity contribution is 4.36. The Morgan fingerprint density at radius 3 is 1.50 bits per heavy atom. The third-order valence-corrected chi connectivity index (χ3v) is 0. The number of thiol groups is 2. The summed E-state index contributed by atoms with van der Waals surface area (Å²) in [5, 5.41) is 0. The molecule has 0 bridgehead atoms. The van der Waals surface area contributed by atoms with Crippen molar-refractivity contribution >= 4 is 37.0 Å². The number of rotatable bonds is 0. The molecule has 0 aromatic heterocycles. The van der Waals surface area contributed by atoms with E-state index in [1.807, 2.05) is 0 Å². The number of hydrogen-bond acceptors (Lipinski definition) is 2. The Balaban J connectivity index is 2.80. The van der Waals surface area contributed by atoms with Crippen molar-refractivity contribution < 1.29 is 0 Å². The smallest absolute Gasteiger partial charge is 0.135 e. The monoisotopic (exact) mass is 108 g/mol. The molecule has 0 aliphatic rings. The summed E-state index contributed by atoms with van der Waals surface area (Å²) in [6.45, 7) is -0.741. The van der Waals surface area contributed by atoms with Gasteiger partial charge in [-0.1, -0.05) is 6.17 Å². The van der Waals surface area contributed by atoms with Crippen LogP contribution in [0.2, 0.25) is 0 Å². The predicted molar refractivity (Wildman–Crippen MR) is 30.8 cm³/mol. The summed E-state index contributed by atoms with van der Waals surface area (Å²) in [4.78, 5) is 0. The molecule has 0 aromatic rings. The highest BCUT2D eigenvalue weighted by molar-refractivity contribution is 8.39. The summed E-state index contributed by atoms with van der Waals surface area (Å²) in [5.74, 6) is 0. The van der Waals surface area contributed by atoms with Gasteiger partial charge in [0.05, 0.1) is 0 Å². The van der Waals surface area contributed by atoms with Gasteiger partial charge in [-0.2, -0.15) is 24.2 Å². The molecule has 0 aromatic carbocycles. The van der Waals surface area contributed by atoms with Crippen LogP contribution in [0, 0.1) is 0 Å². The molecule has 0 unspecified atom stereocenters. The Bertz CT molecular complexity index is 29.0. The lowest BCUT2D eigenvalue weighted by Gasteiger charge is -1.60. The highest BCUT2D eigenvalue weighted by Gasteiger charge is 1.58. The Morgan fingerprint density at radius 1 is 1.50 bits per heavy atom. The molecule has 0 amide bonds. The average molecular weight is 108 g/mol. The zero-order valence-electron chi connectivity index (χ0n) is 2.10. The first kappa shape index (κ1) is 4.79. The molecule has 0 N–H and O–H groups in total. The van der Waals surface area contributed by atoms with E-state index in [0.29, 0.717) is 0 Å². The summed E-state index contributed by atoms with van der Waals surface area (Å²) in [7, 11) is 0. The van der Waals surface area contributed by atoms with Crippen LogP contribution in [0.25, 0.3) is 0 Å². The molecule has 0 spiro atoms. The van der Waals surface area contributed by atoms with E-state index >= 15 is 0 Å². The fraction of sp³-hybridized carbons (Fsp3) is 0. The molecule has 0 aliphatic carbocycles. The molecule has 0 saturated carbocycles. The molecule has 0 aliphatic heterocycles. The first-order valence-electron chi connectivity index (χ1n) is 0.801. The van der Waals surface area contributed by atoms with Gasteiger partial charge in [0.2, 0.25) is 0 Å². The van der Waals surface area contributed by atoms with E-state index < -0.39 is 6.71 Å². The van der Waals surface area contributed by atoms with Crippen LogP contribution < -0.4 is 0 Å². The van der Waals surface area contributed by atoms with Gasteiger partial charge in [0.1, 0.15) is 6.71 Å². The standard InChI is InChI=1S/CH4S2Si/c1-4(2)3/h2-3H,1H2. The minimum Gasteiger partial charge on any atom is -0.169 e. The molecule has 0 radical (unpaired) electrons. The van der Waals surface area contributed by atoms with Crippen LogP contribution in [0.1, 0.15) is 0 Å². The maximum Gasteiger partial charge on any atom is 0.135 e. The van der Waals surface area contributed by atoms with Crippen molar-refractivity contribution in [3.63, 3.8) is 0 Å². The second-order valence-corrected chi connectivity index (χ2v) is 5.55. The topological polar surface area (TPSA) is 0 Å². The Morgan fingerprint density at radius 2 is 1.50 bits per heavy atom. The SMILES string of the molecule is C=[Si](S)S. The average Bonchev–Trinajstić information content (AvgIpc) is 0.811. The predicted octanol–water partition coefficient (Wildman–Crippen LogP) is 0.348. The molecule has 0 fully saturated rings. The van der Waals surface area contributed by atoms with Crippen molar-refractivity contribution in [2.75, 3.05) is 0 Å². The summed E-state index contributed by atoms with van der Waals surface area (Å²) < 4.78 is 0. The van der Waals surface area contributed by atoms with Crippen molar-refractivity contribution in [2.45, 2.75) is 0 Å². The normalized spacial score (nSPS) is 6.50. The highest BCUT2D eigenvalue weighted by Crippen LogP contribution is 1.73.